The van der Waals surface area contributed by atoms with Gasteiger partial charge in [-0.2, -0.15) is 5.10 Å². The van der Waals surface area contributed by atoms with Gasteiger partial charge in [0.15, 0.2) is 12.4 Å². The second kappa shape index (κ2) is 7.44. The fourth-order valence-electron chi connectivity index (χ4n) is 2.71. The fraction of sp³-hybridized carbons (Fsp3) is 0.238. The summed E-state index contributed by atoms with van der Waals surface area (Å²) in [5.74, 6) is 0.580. The van der Waals surface area contributed by atoms with Crippen molar-refractivity contribution < 1.29 is 9.53 Å². The zero-order valence-corrected chi connectivity index (χ0v) is 15.5. The average molecular weight is 349 g/mol. The fourth-order valence-corrected chi connectivity index (χ4v) is 2.71. The molecule has 2 aromatic carbocycles. The van der Waals surface area contributed by atoms with E-state index in [1.807, 2.05) is 58.0 Å². The Hall–Kier alpha value is -3.08. The van der Waals surface area contributed by atoms with Crippen LogP contribution in [-0.4, -0.2) is 15.7 Å². The van der Waals surface area contributed by atoms with Crippen LogP contribution in [0.2, 0.25) is 0 Å². The van der Waals surface area contributed by atoms with Crippen LogP contribution in [-0.2, 0) is 6.73 Å². The van der Waals surface area contributed by atoms with Crippen LogP contribution in [0.3, 0.4) is 0 Å². The maximum absolute atomic E-state index is 12.4. The van der Waals surface area contributed by atoms with Gasteiger partial charge in [0.2, 0.25) is 0 Å². The van der Waals surface area contributed by atoms with Gasteiger partial charge in [0, 0.05) is 11.9 Å². The van der Waals surface area contributed by atoms with Crippen LogP contribution < -0.4 is 10.1 Å². The van der Waals surface area contributed by atoms with E-state index in [0.717, 1.165) is 28.1 Å². The van der Waals surface area contributed by atoms with Crippen LogP contribution in [0.15, 0.2) is 48.7 Å². The van der Waals surface area contributed by atoms with Gasteiger partial charge in [-0.25, -0.2) is 4.68 Å². The average Bonchev–Trinajstić information content (AvgIpc) is 3.06. The Morgan fingerprint density at radius 1 is 1.00 bits per heavy atom. The van der Waals surface area contributed by atoms with Crippen LogP contribution in [0.25, 0.3) is 0 Å². The van der Waals surface area contributed by atoms with E-state index in [4.69, 9.17) is 4.74 Å². The quantitative estimate of drug-likeness (QED) is 0.742. The number of aryl methyl sites for hydroxylation is 4. The third-order valence-electron chi connectivity index (χ3n) is 4.20. The second-order valence-electron chi connectivity index (χ2n) is 6.56. The monoisotopic (exact) mass is 349 g/mol. The van der Waals surface area contributed by atoms with Gasteiger partial charge >= 0.3 is 0 Å². The molecule has 0 fully saturated rings. The molecule has 1 amide bonds. The summed E-state index contributed by atoms with van der Waals surface area (Å²) in [6.07, 6.45) is 1.74. The molecular weight excluding hydrogens is 326 g/mol. The predicted octanol–water partition coefficient (Wildman–Crippen LogP) is 4.41. The van der Waals surface area contributed by atoms with E-state index in [2.05, 4.69) is 16.5 Å². The van der Waals surface area contributed by atoms with Gasteiger partial charge < -0.3 is 10.1 Å². The molecule has 0 aliphatic heterocycles. The second-order valence-corrected chi connectivity index (χ2v) is 6.56. The van der Waals surface area contributed by atoms with Crippen LogP contribution in [0.4, 0.5) is 5.69 Å². The molecule has 1 aromatic heterocycles. The van der Waals surface area contributed by atoms with Gasteiger partial charge in [-0.3, -0.25) is 4.79 Å². The van der Waals surface area contributed by atoms with E-state index in [-0.39, 0.29) is 12.6 Å². The number of hydrogen-bond acceptors (Lipinski definition) is 3. The molecule has 134 valence electrons. The number of hydrogen-bond donors (Lipinski definition) is 1. The van der Waals surface area contributed by atoms with Gasteiger partial charge in [-0.1, -0.05) is 29.8 Å². The van der Waals surface area contributed by atoms with Gasteiger partial charge in [-0.05, 0) is 62.6 Å². The number of nitrogens with one attached hydrogen (secondary N) is 1. The highest BCUT2D eigenvalue weighted by molar-refractivity contribution is 6.03. The molecule has 0 atom stereocenters. The number of benzene rings is 2. The molecule has 0 aliphatic carbocycles. The van der Waals surface area contributed by atoms with E-state index in [0.29, 0.717) is 5.69 Å². The van der Waals surface area contributed by atoms with Crippen LogP contribution in [0.1, 0.15) is 32.7 Å². The molecule has 3 aromatic rings. The maximum Gasteiger partial charge on any atom is 0.276 e. The van der Waals surface area contributed by atoms with Crippen molar-refractivity contribution in [2.75, 3.05) is 5.32 Å². The number of carbonyl (C=O) groups is 1. The largest absolute Gasteiger partial charge is 0.471 e. The maximum atomic E-state index is 12.4. The summed E-state index contributed by atoms with van der Waals surface area (Å²) >= 11 is 0. The van der Waals surface area contributed by atoms with E-state index in [1.54, 1.807) is 16.9 Å². The van der Waals surface area contributed by atoms with Crippen molar-refractivity contribution in [2.24, 2.45) is 0 Å². The van der Waals surface area contributed by atoms with E-state index >= 15 is 0 Å². The minimum absolute atomic E-state index is 0.232. The lowest BCUT2D eigenvalue weighted by atomic mass is 10.1. The zero-order valence-electron chi connectivity index (χ0n) is 15.5. The van der Waals surface area contributed by atoms with Crippen molar-refractivity contribution in [1.82, 2.24) is 9.78 Å². The first-order chi connectivity index (χ1) is 12.4. The Bertz CT molecular complexity index is 944. The van der Waals surface area contributed by atoms with Crippen molar-refractivity contribution in [3.05, 3.63) is 76.6 Å². The topological polar surface area (TPSA) is 56.1 Å². The van der Waals surface area contributed by atoms with Crippen LogP contribution in [0, 0.1) is 27.7 Å². The lowest BCUT2D eigenvalue weighted by Gasteiger charge is -2.10. The number of anilines is 1. The Labute approximate surface area is 153 Å². The Morgan fingerprint density at radius 3 is 2.50 bits per heavy atom. The first-order valence-electron chi connectivity index (χ1n) is 8.54. The number of carbonyl (C=O) groups excluding carboxylic acids is 1. The van der Waals surface area contributed by atoms with Crippen molar-refractivity contribution in [3.63, 3.8) is 0 Å². The van der Waals surface area contributed by atoms with Crippen molar-refractivity contribution >= 4 is 11.6 Å². The third kappa shape index (κ3) is 4.11. The molecule has 5 nitrogen and oxygen atoms in total. The molecule has 0 radical (unpaired) electrons. The first kappa shape index (κ1) is 17.7. The standard InChI is InChI=1S/C21H23N3O2/c1-14-6-8-20(17(4)11-14)26-13-24-10-9-18(23-24)21(25)22-19-12-15(2)5-7-16(19)3/h5-12H,13H2,1-4H3,(H,22,25). The molecule has 0 aliphatic rings. The summed E-state index contributed by atoms with van der Waals surface area (Å²) in [5, 5.41) is 7.21. The summed E-state index contributed by atoms with van der Waals surface area (Å²) < 4.78 is 7.40. The van der Waals surface area contributed by atoms with Gasteiger partial charge in [0.05, 0.1) is 0 Å². The molecule has 0 spiro atoms. The number of aromatic nitrogens is 2. The molecule has 0 saturated carbocycles. The highest BCUT2D eigenvalue weighted by Gasteiger charge is 2.11. The van der Waals surface area contributed by atoms with Gasteiger partial charge in [0.25, 0.3) is 5.91 Å². The highest BCUT2D eigenvalue weighted by atomic mass is 16.5. The summed E-state index contributed by atoms with van der Waals surface area (Å²) in [6.45, 7) is 8.26. The van der Waals surface area contributed by atoms with E-state index in [9.17, 15) is 4.79 Å². The molecular formula is C21H23N3O2. The Balaban J connectivity index is 1.65. The molecule has 1 N–H and O–H groups in total. The normalized spacial score (nSPS) is 10.6. The van der Waals surface area contributed by atoms with Crippen LogP contribution in [0.5, 0.6) is 5.75 Å². The minimum Gasteiger partial charge on any atom is -0.471 e. The summed E-state index contributed by atoms with van der Waals surface area (Å²) in [5.41, 5.74) is 5.54. The van der Waals surface area contributed by atoms with Crippen molar-refractivity contribution in [3.8, 4) is 5.75 Å². The first-order valence-corrected chi connectivity index (χ1v) is 8.54. The number of ether oxygens (including phenoxy) is 1. The molecule has 0 saturated heterocycles. The molecule has 0 unspecified atom stereocenters. The van der Waals surface area contributed by atoms with E-state index < -0.39 is 0 Å². The number of rotatable bonds is 5. The number of nitrogens with zero attached hydrogens (tertiary/aromatic N) is 2. The van der Waals surface area contributed by atoms with Gasteiger partial charge in [-0.15, -0.1) is 0 Å². The minimum atomic E-state index is -0.232. The Morgan fingerprint density at radius 2 is 1.73 bits per heavy atom. The van der Waals surface area contributed by atoms with Gasteiger partial charge in [0.1, 0.15) is 5.75 Å². The summed E-state index contributed by atoms with van der Waals surface area (Å²) in [7, 11) is 0. The SMILES string of the molecule is Cc1ccc(OCn2ccc(C(=O)Nc3cc(C)ccc3C)n2)c(C)c1. The lowest BCUT2D eigenvalue weighted by molar-refractivity contribution is 0.102. The molecule has 5 heteroatoms. The van der Waals surface area contributed by atoms with Crippen molar-refractivity contribution in [2.45, 2.75) is 34.4 Å². The Kier molecular flexibility index (Phi) is 5.07. The molecule has 0 bridgehead atoms. The molecule has 1 heterocycles. The van der Waals surface area contributed by atoms with Crippen LogP contribution >= 0.6 is 0 Å². The highest BCUT2D eigenvalue weighted by Crippen LogP contribution is 2.19. The molecule has 3 rings (SSSR count). The zero-order chi connectivity index (χ0) is 18.7. The number of amides is 1. The summed E-state index contributed by atoms with van der Waals surface area (Å²) in [4.78, 5) is 12.4. The predicted molar refractivity (Wildman–Crippen MR) is 103 cm³/mol. The summed E-state index contributed by atoms with van der Waals surface area (Å²) in [6, 6.07) is 13.7. The third-order valence-corrected chi connectivity index (χ3v) is 4.20. The smallest absolute Gasteiger partial charge is 0.276 e. The van der Waals surface area contributed by atoms with Crippen molar-refractivity contribution in [1.29, 1.82) is 0 Å². The lowest BCUT2D eigenvalue weighted by Crippen LogP contribution is -2.15. The molecule has 26 heavy (non-hydrogen) atoms. The van der Waals surface area contributed by atoms with E-state index in [1.165, 1.54) is 5.56 Å².